The van der Waals surface area contributed by atoms with E-state index in [1.54, 1.807) is 4.90 Å². The van der Waals surface area contributed by atoms with Crippen LogP contribution in [0.3, 0.4) is 0 Å². The molecular weight excluding hydrogens is 318 g/mol. The molecule has 3 aliphatic rings. The third kappa shape index (κ3) is 2.69. The highest BCUT2D eigenvalue weighted by atomic mass is 16.2. The quantitative estimate of drug-likeness (QED) is 0.822. The fourth-order valence-corrected chi connectivity index (χ4v) is 4.01. The molecule has 3 unspecified atom stereocenters. The topological polar surface area (TPSA) is 78.5 Å². The lowest BCUT2D eigenvalue weighted by Crippen LogP contribution is -2.49. The Kier molecular flexibility index (Phi) is 3.60. The molecule has 0 aromatic heterocycles. The van der Waals surface area contributed by atoms with Crippen LogP contribution < -0.4 is 10.6 Å². The van der Waals surface area contributed by atoms with Gasteiger partial charge in [0.15, 0.2) is 0 Å². The summed E-state index contributed by atoms with van der Waals surface area (Å²) >= 11 is 0. The molecule has 1 aromatic carbocycles. The second kappa shape index (κ2) is 5.58. The summed E-state index contributed by atoms with van der Waals surface area (Å²) in [4.78, 5) is 37.9. The maximum Gasteiger partial charge on any atom is 0.322 e. The Labute approximate surface area is 147 Å². The zero-order chi connectivity index (χ0) is 17.8. The van der Waals surface area contributed by atoms with E-state index in [9.17, 15) is 14.4 Å². The molecule has 2 saturated heterocycles. The average Bonchev–Trinajstić information content (AvgIpc) is 3.19. The number of carbonyl (C=O) groups is 3. The highest BCUT2D eigenvalue weighted by Gasteiger charge is 2.54. The standard InChI is InChI=1S/C19H23N3O3/c1-11(2)12-3-5-13(6-4-12)14-9-15(14)16(23)22-8-7-19(10-22)17(24)20-18(25)21-19/h3-6,11,14-15H,7-10H2,1-2H3,(H2,20,21,24,25). The zero-order valence-electron chi connectivity index (χ0n) is 14.5. The number of nitrogens with zero attached hydrogens (tertiary/aromatic N) is 1. The van der Waals surface area contributed by atoms with Gasteiger partial charge in [-0.15, -0.1) is 0 Å². The van der Waals surface area contributed by atoms with Crippen LogP contribution in [-0.4, -0.2) is 41.4 Å². The minimum Gasteiger partial charge on any atom is -0.339 e. The number of hydrogen-bond acceptors (Lipinski definition) is 3. The first-order chi connectivity index (χ1) is 11.9. The van der Waals surface area contributed by atoms with E-state index in [2.05, 4.69) is 48.7 Å². The van der Waals surface area contributed by atoms with E-state index in [0.717, 1.165) is 6.42 Å². The Balaban J connectivity index is 1.40. The Morgan fingerprint density at radius 3 is 2.56 bits per heavy atom. The van der Waals surface area contributed by atoms with Crippen LogP contribution in [0, 0.1) is 5.92 Å². The van der Waals surface area contributed by atoms with E-state index in [4.69, 9.17) is 0 Å². The van der Waals surface area contributed by atoms with E-state index < -0.39 is 11.6 Å². The van der Waals surface area contributed by atoms with E-state index in [-0.39, 0.29) is 30.2 Å². The molecule has 25 heavy (non-hydrogen) atoms. The van der Waals surface area contributed by atoms with Crippen LogP contribution in [0.25, 0.3) is 0 Å². The average molecular weight is 341 g/mol. The van der Waals surface area contributed by atoms with Crippen molar-refractivity contribution in [1.82, 2.24) is 15.5 Å². The van der Waals surface area contributed by atoms with E-state index in [1.165, 1.54) is 11.1 Å². The molecule has 2 heterocycles. The number of imide groups is 1. The van der Waals surface area contributed by atoms with Crippen LogP contribution in [0.15, 0.2) is 24.3 Å². The predicted molar refractivity (Wildman–Crippen MR) is 92.0 cm³/mol. The number of benzene rings is 1. The summed E-state index contributed by atoms with van der Waals surface area (Å²) in [5.74, 6) is 0.560. The second-order valence-corrected chi connectivity index (χ2v) is 7.77. The molecule has 2 aliphatic heterocycles. The van der Waals surface area contributed by atoms with Crippen molar-refractivity contribution in [2.24, 2.45) is 5.92 Å². The Hall–Kier alpha value is -2.37. The Bertz CT molecular complexity index is 743. The van der Waals surface area contributed by atoms with Crippen LogP contribution in [0.4, 0.5) is 4.79 Å². The van der Waals surface area contributed by atoms with Crippen molar-refractivity contribution in [2.45, 2.75) is 44.1 Å². The van der Waals surface area contributed by atoms with Gasteiger partial charge in [-0.25, -0.2) is 4.79 Å². The summed E-state index contributed by atoms with van der Waals surface area (Å²) in [5, 5.41) is 4.97. The lowest BCUT2D eigenvalue weighted by molar-refractivity contribution is -0.132. The molecule has 4 amide bonds. The van der Waals surface area contributed by atoms with Crippen molar-refractivity contribution >= 4 is 17.8 Å². The van der Waals surface area contributed by atoms with Crippen LogP contribution in [0.2, 0.25) is 0 Å². The van der Waals surface area contributed by atoms with Gasteiger partial charge in [0.25, 0.3) is 5.91 Å². The summed E-state index contributed by atoms with van der Waals surface area (Å²) in [6, 6.07) is 8.08. The Morgan fingerprint density at radius 2 is 1.96 bits per heavy atom. The third-order valence-electron chi connectivity index (χ3n) is 5.73. The van der Waals surface area contributed by atoms with Gasteiger partial charge in [-0.1, -0.05) is 38.1 Å². The first-order valence-corrected chi connectivity index (χ1v) is 8.92. The fraction of sp³-hybridized carbons (Fsp3) is 0.526. The molecule has 2 N–H and O–H groups in total. The molecule has 6 nitrogen and oxygen atoms in total. The molecule has 132 valence electrons. The van der Waals surface area contributed by atoms with Gasteiger partial charge >= 0.3 is 6.03 Å². The molecule has 3 atom stereocenters. The smallest absolute Gasteiger partial charge is 0.322 e. The number of rotatable bonds is 3. The fourth-order valence-electron chi connectivity index (χ4n) is 4.01. The lowest BCUT2D eigenvalue weighted by Gasteiger charge is -2.21. The van der Waals surface area contributed by atoms with Crippen LogP contribution >= 0.6 is 0 Å². The second-order valence-electron chi connectivity index (χ2n) is 7.77. The highest BCUT2D eigenvalue weighted by molar-refractivity contribution is 6.07. The van der Waals surface area contributed by atoms with Gasteiger partial charge in [0.2, 0.25) is 5.91 Å². The molecule has 3 fully saturated rings. The maximum atomic E-state index is 12.8. The van der Waals surface area contributed by atoms with Crippen LogP contribution in [-0.2, 0) is 9.59 Å². The summed E-state index contributed by atoms with van der Waals surface area (Å²) in [6.45, 7) is 5.13. The molecule has 1 aromatic rings. The first kappa shape index (κ1) is 16.1. The number of urea groups is 1. The highest BCUT2D eigenvalue weighted by Crippen LogP contribution is 2.49. The van der Waals surface area contributed by atoms with Gasteiger partial charge in [0, 0.05) is 12.5 Å². The third-order valence-corrected chi connectivity index (χ3v) is 5.73. The molecule has 0 bridgehead atoms. The number of carbonyl (C=O) groups excluding carboxylic acids is 3. The van der Waals surface area contributed by atoms with Crippen molar-refractivity contribution < 1.29 is 14.4 Å². The van der Waals surface area contributed by atoms with Crippen molar-refractivity contribution in [3.05, 3.63) is 35.4 Å². The molecule has 1 saturated carbocycles. The summed E-state index contributed by atoms with van der Waals surface area (Å²) in [5.41, 5.74) is 1.59. The summed E-state index contributed by atoms with van der Waals surface area (Å²) in [7, 11) is 0. The predicted octanol–water partition coefficient (Wildman–Crippen LogP) is 1.72. The van der Waals surface area contributed by atoms with Crippen molar-refractivity contribution in [2.75, 3.05) is 13.1 Å². The SMILES string of the molecule is CC(C)c1ccc(C2CC2C(=O)N2CCC3(C2)NC(=O)NC3=O)cc1. The van der Waals surface area contributed by atoms with E-state index >= 15 is 0 Å². The molecule has 1 spiro atoms. The minimum absolute atomic E-state index is 0.000200. The van der Waals surface area contributed by atoms with Gasteiger partial charge in [-0.3, -0.25) is 14.9 Å². The molecule has 1 aliphatic carbocycles. The van der Waals surface area contributed by atoms with Gasteiger partial charge < -0.3 is 10.2 Å². The van der Waals surface area contributed by atoms with Gasteiger partial charge in [0.05, 0.1) is 6.54 Å². The number of amides is 4. The molecule has 6 heteroatoms. The van der Waals surface area contributed by atoms with Crippen LogP contribution in [0.5, 0.6) is 0 Å². The van der Waals surface area contributed by atoms with E-state index in [1.807, 2.05) is 0 Å². The largest absolute Gasteiger partial charge is 0.339 e. The summed E-state index contributed by atoms with van der Waals surface area (Å²) in [6.07, 6.45) is 1.35. The summed E-state index contributed by atoms with van der Waals surface area (Å²) < 4.78 is 0. The number of hydrogen-bond donors (Lipinski definition) is 2. The monoisotopic (exact) mass is 341 g/mol. The van der Waals surface area contributed by atoms with E-state index in [0.29, 0.717) is 18.9 Å². The lowest BCUT2D eigenvalue weighted by atomic mass is 9.99. The van der Waals surface area contributed by atoms with Crippen molar-refractivity contribution in [3.63, 3.8) is 0 Å². The minimum atomic E-state index is -0.921. The first-order valence-electron chi connectivity index (χ1n) is 8.92. The molecular formula is C19H23N3O3. The van der Waals surface area contributed by atoms with Crippen molar-refractivity contribution in [3.8, 4) is 0 Å². The van der Waals surface area contributed by atoms with Gasteiger partial charge in [0.1, 0.15) is 5.54 Å². The molecule has 0 radical (unpaired) electrons. The van der Waals surface area contributed by atoms with Gasteiger partial charge in [-0.05, 0) is 35.8 Å². The van der Waals surface area contributed by atoms with Crippen molar-refractivity contribution in [1.29, 1.82) is 0 Å². The normalized spacial score (nSPS) is 30.8. The van der Waals surface area contributed by atoms with Gasteiger partial charge in [-0.2, -0.15) is 0 Å². The number of nitrogens with one attached hydrogen (secondary N) is 2. The number of likely N-dealkylation sites (tertiary alicyclic amines) is 1. The molecule has 4 rings (SSSR count). The maximum absolute atomic E-state index is 12.8. The van der Waals surface area contributed by atoms with Crippen LogP contribution in [0.1, 0.15) is 49.7 Å². The Morgan fingerprint density at radius 1 is 1.24 bits per heavy atom. The zero-order valence-corrected chi connectivity index (χ0v) is 14.5.